The molecule has 0 spiro atoms. The van der Waals surface area contributed by atoms with Crippen molar-refractivity contribution in [1.82, 2.24) is 9.88 Å². The van der Waals surface area contributed by atoms with Crippen LogP contribution in [0.15, 0.2) is 18.5 Å². The molecule has 0 bridgehead atoms. The minimum atomic E-state index is -0.376. The molecule has 17 heavy (non-hydrogen) atoms. The molecule has 92 valence electrons. The number of esters is 1. The number of hydrogen-bond donors (Lipinski definition) is 1. The van der Waals surface area contributed by atoms with Gasteiger partial charge in [-0.25, -0.2) is 0 Å². The number of hydrogen-bond acceptors (Lipinski definition) is 5. The third kappa shape index (κ3) is 3.75. The zero-order valence-electron chi connectivity index (χ0n) is 9.71. The quantitative estimate of drug-likeness (QED) is 0.769. The maximum Gasteiger partial charge on any atom is 0.307 e. The predicted molar refractivity (Wildman–Crippen MR) is 59.5 cm³/mol. The van der Waals surface area contributed by atoms with Gasteiger partial charge < -0.3 is 14.7 Å². The molecule has 0 aliphatic rings. The van der Waals surface area contributed by atoms with Crippen molar-refractivity contribution in [3.05, 3.63) is 24.0 Å². The standard InChI is InChI=1S/C11H14N2O4/c1-13(4-3-10(15)17-2)11(16)8-5-9(14)7-12-6-8/h5-7,14H,3-4H2,1-2H3. The molecule has 0 aliphatic carbocycles. The highest BCUT2D eigenvalue weighted by molar-refractivity contribution is 5.94. The predicted octanol–water partition coefficient (Wildman–Crippen LogP) is 0.422. The zero-order chi connectivity index (χ0) is 12.8. The summed E-state index contributed by atoms with van der Waals surface area (Å²) in [5, 5.41) is 9.19. The Labute approximate surface area is 98.8 Å². The van der Waals surface area contributed by atoms with Crippen LogP contribution >= 0.6 is 0 Å². The van der Waals surface area contributed by atoms with Gasteiger partial charge in [-0.15, -0.1) is 0 Å². The molecule has 6 nitrogen and oxygen atoms in total. The van der Waals surface area contributed by atoms with Gasteiger partial charge >= 0.3 is 5.97 Å². The number of carbonyl (C=O) groups excluding carboxylic acids is 2. The van der Waals surface area contributed by atoms with Crippen LogP contribution in [-0.4, -0.2) is 47.6 Å². The van der Waals surface area contributed by atoms with Gasteiger partial charge in [0.15, 0.2) is 0 Å². The summed E-state index contributed by atoms with van der Waals surface area (Å²) >= 11 is 0. The van der Waals surface area contributed by atoms with Crippen LogP contribution in [0.3, 0.4) is 0 Å². The van der Waals surface area contributed by atoms with Gasteiger partial charge in [-0.05, 0) is 6.07 Å². The summed E-state index contributed by atoms with van der Waals surface area (Å²) in [6, 6.07) is 1.32. The number of aromatic nitrogens is 1. The van der Waals surface area contributed by atoms with E-state index in [-0.39, 0.29) is 36.2 Å². The molecule has 0 aliphatic heterocycles. The van der Waals surface area contributed by atoms with Crippen molar-refractivity contribution >= 4 is 11.9 Å². The first kappa shape index (κ1) is 13.0. The Balaban J connectivity index is 2.61. The average Bonchev–Trinajstić information content (AvgIpc) is 2.34. The minimum absolute atomic E-state index is 0.0720. The Bertz CT molecular complexity index is 420. The SMILES string of the molecule is COC(=O)CCN(C)C(=O)c1cncc(O)c1. The first-order valence-electron chi connectivity index (χ1n) is 5.01. The van der Waals surface area contributed by atoms with Gasteiger partial charge in [0.05, 0.1) is 25.3 Å². The second kappa shape index (κ2) is 5.83. The molecule has 1 aromatic heterocycles. The molecular formula is C11H14N2O4. The summed E-state index contributed by atoms with van der Waals surface area (Å²) in [6.45, 7) is 0.251. The van der Waals surface area contributed by atoms with Crippen LogP contribution < -0.4 is 0 Å². The van der Waals surface area contributed by atoms with Crippen LogP contribution in [-0.2, 0) is 9.53 Å². The van der Waals surface area contributed by atoms with Crippen molar-refractivity contribution in [1.29, 1.82) is 0 Å². The Morgan fingerprint density at radius 1 is 1.47 bits per heavy atom. The normalized spacial score (nSPS) is 9.76. The lowest BCUT2D eigenvalue weighted by molar-refractivity contribution is -0.140. The molecule has 6 heteroatoms. The fourth-order valence-corrected chi connectivity index (χ4v) is 1.23. The molecule has 0 unspecified atom stereocenters. The molecule has 0 aromatic carbocycles. The van der Waals surface area contributed by atoms with E-state index < -0.39 is 0 Å². The molecule has 0 fully saturated rings. The maximum absolute atomic E-state index is 11.8. The number of carbonyl (C=O) groups is 2. The van der Waals surface area contributed by atoms with Gasteiger partial charge in [-0.3, -0.25) is 14.6 Å². The lowest BCUT2D eigenvalue weighted by Crippen LogP contribution is -2.29. The third-order valence-corrected chi connectivity index (χ3v) is 2.20. The van der Waals surface area contributed by atoms with Crippen molar-refractivity contribution in [3.8, 4) is 5.75 Å². The van der Waals surface area contributed by atoms with Crippen molar-refractivity contribution < 1.29 is 19.4 Å². The van der Waals surface area contributed by atoms with Crippen LogP contribution in [0.2, 0.25) is 0 Å². The smallest absolute Gasteiger partial charge is 0.307 e. The molecule has 0 saturated heterocycles. The fraction of sp³-hybridized carbons (Fsp3) is 0.364. The molecule has 0 atom stereocenters. The second-order valence-corrected chi connectivity index (χ2v) is 3.48. The van der Waals surface area contributed by atoms with Crippen molar-refractivity contribution in [2.75, 3.05) is 20.7 Å². The molecule has 0 radical (unpaired) electrons. The number of ether oxygens (including phenoxy) is 1. The highest BCUT2D eigenvalue weighted by atomic mass is 16.5. The van der Waals surface area contributed by atoms with Crippen LogP contribution in [0.5, 0.6) is 5.75 Å². The molecule has 1 aromatic rings. The van der Waals surface area contributed by atoms with Gasteiger partial charge in [0, 0.05) is 19.8 Å². The van der Waals surface area contributed by atoms with Gasteiger partial charge in [-0.1, -0.05) is 0 Å². The Kier molecular flexibility index (Phi) is 4.45. The molecule has 0 saturated carbocycles. The first-order valence-corrected chi connectivity index (χ1v) is 5.01. The number of nitrogens with zero attached hydrogens (tertiary/aromatic N) is 2. The Hall–Kier alpha value is -2.11. The lowest BCUT2D eigenvalue weighted by Gasteiger charge is -2.16. The zero-order valence-corrected chi connectivity index (χ0v) is 9.71. The molecule has 1 rings (SSSR count). The number of aromatic hydroxyl groups is 1. The van der Waals surface area contributed by atoms with E-state index in [9.17, 15) is 14.7 Å². The van der Waals surface area contributed by atoms with E-state index in [0.29, 0.717) is 0 Å². The second-order valence-electron chi connectivity index (χ2n) is 3.48. The summed E-state index contributed by atoms with van der Waals surface area (Å²) in [6.07, 6.45) is 2.73. The number of rotatable bonds is 4. The van der Waals surface area contributed by atoms with E-state index in [1.165, 1.54) is 30.5 Å². The van der Waals surface area contributed by atoms with Crippen LogP contribution in [0, 0.1) is 0 Å². The van der Waals surface area contributed by atoms with Gasteiger partial charge in [-0.2, -0.15) is 0 Å². The number of methoxy groups -OCH3 is 1. The van der Waals surface area contributed by atoms with E-state index >= 15 is 0 Å². The van der Waals surface area contributed by atoms with Gasteiger partial charge in [0.1, 0.15) is 5.75 Å². The van der Waals surface area contributed by atoms with Crippen LogP contribution in [0.25, 0.3) is 0 Å². The Morgan fingerprint density at radius 2 is 2.18 bits per heavy atom. The summed E-state index contributed by atoms with van der Waals surface area (Å²) in [5.41, 5.74) is 0.275. The molecule has 1 N–H and O–H groups in total. The summed E-state index contributed by atoms with van der Waals surface area (Å²) in [4.78, 5) is 27.8. The van der Waals surface area contributed by atoms with E-state index in [1.807, 2.05) is 0 Å². The Morgan fingerprint density at radius 3 is 2.76 bits per heavy atom. The highest BCUT2D eigenvalue weighted by Crippen LogP contribution is 2.10. The minimum Gasteiger partial charge on any atom is -0.506 e. The van der Waals surface area contributed by atoms with Crippen LogP contribution in [0.4, 0.5) is 0 Å². The highest BCUT2D eigenvalue weighted by Gasteiger charge is 2.13. The van der Waals surface area contributed by atoms with Crippen molar-refractivity contribution in [2.24, 2.45) is 0 Å². The van der Waals surface area contributed by atoms with Crippen LogP contribution in [0.1, 0.15) is 16.8 Å². The third-order valence-electron chi connectivity index (χ3n) is 2.20. The number of amides is 1. The largest absolute Gasteiger partial charge is 0.506 e. The number of pyridine rings is 1. The lowest BCUT2D eigenvalue weighted by atomic mass is 10.2. The van der Waals surface area contributed by atoms with Gasteiger partial charge in [0.25, 0.3) is 5.91 Å². The first-order chi connectivity index (χ1) is 8.04. The summed E-state index contributed by atoms with van der Waals surface area (Å²) in [7, 11) is 2.86. The monoisotopic (exact) mass is 238 g/mol. The molecule has 1 heterocycles. The summed E-state index contributed by atoms with van der Waals surface area (Å²) in [5.74, 6) is -0.756. The fourth-order valence-electron chi connectivity index (χ4n) is 1.23. The summed E-state index contributed by atoms with van der Waals surface area (Å²) < 4.78 is 4.48. The van der Waals surface area contributed by atoms with Crippen molar-refractivity contribution in [3.63, 3.8) is 0 Å². The van der Waals surface area contributed by atoms with E-state index in [2.05, 4.69) is 9.72 Å². The molecular weight excluding hydrogens is 224 g/mol. The van der Waals surface area contributed by atoms with E-state index in [0.717, 1.165) is 0 Å². The van der Waals surface area contributed by atoms with Gasteiger partial charge in [0.2, 0.25) is 0 Å². The molecule has 1 amide bonds. The van der Waals surface area contributed by atoms with E-state index in [1.54, 1.807) is 7.05 Å². The van der Waals surface area contributed by atoms with E-state index in [4.69, 9.17) is 0 Å². The average molecular weight is 238 g/mol. The maximum atomic E-state index is 11.8. The van der Waals surface area contributed by atoms with Crippen molar-refractivity contribution in [2.45, 2.75) is 6.42 Å². The topological polar surface area (TPSA) is 79.7 Å².